The molecule has 1 aliphatic rings. The Kier molecular flexibility index (Phi) is 4.94. The van der Waals surface area contributed by atoms with E-state index in [2.05, 4.69) is 19.2 Å². The minimum atomic E-state index is -0.0638. The smallest absolute Gasteiger partial charge is 0.317 e. The lowest BCUT2D eigenvalue weighted by atomic mass is 10.1. The average molecular weight is 292 g/mol. The van der Waals surface area contributed by atoms with E-state index < -0.39 is 0 Å². The lowest BCUT2D eigenvalue weighted by Gasteiger charge is -2.24. The molecule has 0 saturated carbocycles. The highest BCUT2D eigenvalue weighted by molar-refractivity contribution is 5.74. The maximum atomic E-state index is 12.1. The fourth-order valence-corrected chi connectivity index (χ4v) is 2.00. The van der Waals surface area contributed by atoms with Crippen molar-refractivity contribution in [1.82, 2.24) is 10.2 Å². The number of benzene rings is 1. The molecule has 0 fully saturated rings. The second kappa shape index (κ2) is 6.70. The summed E-state index contributed by atoms with van der Waals surface area (Å²) in [6, 6.07) is 5.88. The summed E-state index contributed by atoms with van der Waals surface area (Å²) in [4.78, 5) is 13.8. The number of rotatable bonds is 4. The van der Waals surface area contributed by atoms with Crippen LogP contribution in [0.4, 0.5) is 4.79 Å². The molecule has 0 aliphatic carbocycles. The van der Waals surface area contributed by atoms with Crippen molar-refractivity contribution in [3.05, 3.63) is 23.8 Å². The molecule has 21 heavy (non-hydrogen) atoms. The van der Waals surface area contributed by atoms with E-state index in [4.69, 9.17) is 9.47 Å². The van der Waals surface area contributed by atoms with Crippen LogP contribution in [-0.2, 0) is 6.54 Å². The number of nitrogens with zero attached hydrogens (tertiary/aromatic N) is 1. The number of hydrogen-bond donors (Lipinski definition) is 1. The molecular weight excluding hydrogens is 268 g/mol. The number of urea groups is 1. The molecule has 2 rings (SSSR count). The zero-order valence-corrected chi connectivity index (χ0v) is 13.2. The van der Waals surface area contributed by atoms with Gasteiger partial charge >= 0.3 is 6.03 Å². The molecule has 1 aromatic rings. The van der Waals surface area contributed by atoms with Crippen LogP contribution in [0.15, 0.2) is 18.2 Å². The molecule has 1 aliphatic heterocycles. The van der Waals surface area contributed by atoms with Gasteiger partial charge in [0.2, 0.25) is 0 Å². The van der Waals surface area contributed by atoms with Gasteiger partial charge in [-0.2, -0.15) is 0 Å². The number of hydrogen-bond acceptors (Lipinski definition) is 3. The molecule has 0 spiro atoms. The number of amides is 2. The molecule has 116 valence electrons. The van der Waals surface area contributed by atoms with E-state index in [1.54, 1.807) is 11.9 Å². The third-order valence-electron chi connectivity index (χ3n) is 3.72. The first-order valence-corrected chi connectivity index (χ1v) is 7.37. The molecule has 1 N–H and O–H groups in total. The zero-order valence-electron chi connectivity index (χ0n) is 13.2. The van der Waals surface area contributed by atoms with Crippen LogP contribution >= 0.6 is 0 Å². The normalized spacial score (nSPS) is 14.7. The quantitative estimate of drug-likeness (QED) is 0.928. The Morgan fingerprint density at radius 2 is 1.90 bits per heavy atom. The second-order valence-electron chi connectivity index (χ2n) is 5.82. The van der Waals surface area contributed by atoms with Crippen LogP contribution in [0.2, 0.25) is 0 Å². The molecule has 0 aromatic heterocycles. The van der Waals surface area contributed by atoms with E-state index in [1.165, 1.54) is 0 Å². The molecule has 1 unspecified atom stereocenters. The van der Waals surface area contributed by atoms with Crippen LogP contribution in [0.25, 0.3) is 0 Å². The Labute approximate surface area is 126 Å². The van der Waals surface area contributed by atoms with Gasteiger partial charge in [-0.3, -0.25) is 0 Å². The van der Waals surface area contributed by atoms with E-state index in [1.807, 2.05) is 25.1 Å². The molecule has 2 amide bonds. The Bertz CT molecular complexity index is 502. The standard InChI is InChI=1S/C16H24N2O3/c1-11(2)12(3)17-16(19)18(4)10-13-5-6-14-15(9-13)21-8-7-20-14/h5-6,9,11-12H,7-8,10H2,1-4H3,(H,17,19). The van der Waals surface area contributed by atoms with E-state index in [-0.39, 0.29) is 12.1 Å². The number of nitrogens with one attached hydrogen (secondary N) is 1. The van der Waals surface area contributed by atoms with Gasteiger partial charge in [-0.15, -0.1) is 0 Å². The molecule has 1 aromatic carbocycles. The van der Waals surface area contributed by atoms with Crippen molar-refractivity contribution in [1.29, 1.82) is 0 Å². The average Bonchev–Trinajstić information content (AvgIpc) is 2.46. The van der Waals surface area contributed by atoms with Gasteiger partial charge in [0.15, 0.2) is 11.5 Å². The second-order valence-corrected chi connectivity index (χ2v) is 5.82. The molecule has 0 saturated heterocycles. The minimum absolute atomic E-state index is 0.0638. The predicted molar refractivity (Wildman–Crippen MR) is 81.7 cm³/mol. The number of carbonyl (C=O) groups is 1. The van der Waals surface area contributed by atoms with Crippen molar-refractivity contribution in [2.24, 2.45) is 5.92 Å². The van der Waals surface area contributed by atoms with E-state index in [9.17, 15) is 4.79 Å². The Morgan fingerprint density at radius 3 is 2.57 bits per heavy atom. The van der Waals surface area contributed by atoms with E-state index in [0.717, 1.165) is 17.1 Å². The Balaban J connectivity index is 1.96. The largest absolute Gasteiger partial charge is 0.486 e. The van der Waals surface area contributed by atoms with Crippen LogP contribution in [0, 0.1) is 5.92 Å². The van der Waals surface area contributed by atoms with Gasteiger partial charge in [0.05, 0.1) is 0 Å². The van der Waals surface area contributed by atoms with Crippen molar-refractivity contribution in [3.8, 4) is 11.5 Å². The first kappa shape index (κ1) is 15.5. The van der Waals surface area contributed by atoms with Gasteiger partial charge in [0.25, 0.3) is 0 Å². The third-order valence-corrected chi connectivity index (χ3v) is 3.72. The van der Waals surface area contributed by atoms with Gasteiger partial charge in [-0.25, -0.2) is 4.79 Å². The Morgan fingerprint density at radius 1 is 1.24 bits per heavy atom. The number of fused-ring (bicyclic) bond motifs is 1. The molecule has 1 heterocycles. The summed E-state index contributed by atoms with van der Waals surface area (Å²) in [5.41, 5.74) is 1.02. The molecule has 1 atom stereocenters. The maximum absolute atomic E-state index is 12.1. The molecular formula is C16H24N2O3. The third kappa shape index (κ3) is 4.03. The molecule has 0 radical (unpaired) electrons. The summed E-state index contributed by atoms with van der Waals surface area (Å²) < 4.78 is 11.1. The van der Waals surface area contributed by atoms with Crippen LogP contribution in [0.1, 0.15) is 26.3 Å². The summed E-state index contributed by atoms with van der Waals surface area (Å²) in [7, 11) is 1.79. The fraction of sp³-hybridized carbons (Fsp3) is 0.562. The minimum Gasteiger partial charge on any atom is -0.486 e. The van der Waals surface area contributed by atoms with Crippen molar-refractivity contribution >= 4 is 6.03 Å². The monoisotopic (exact) mass is 292 g/mol. The van der Waals surface area contributed by atoms with Gasteiger partial charge in [-0.05, 0) is 30.5 Å². The first-order valence-electron chi connectivity index (χ1n) is 7.37. The molecule has 5 heteroatoms. The summed E-state index contributed by atoms with van der Waals surface area (Å²) in [6.45, 7) is 7.88. The van der Waals surface area contributed by atoms with E-state index in [0.29, 0.717) is 25.7 Å². The topological polar surface area (TPSA) is 50.8 Å². The van der Waals surface area contributed by atoms with Crippen LogP contribution in [0.3, 0.4) is 0 Å². The first-order chi connectivity index (χ1) is 9.97. The number of carbonyl (C=O) groups excluding carboxylic acids is 1. The maximum Gasteiger partial charge on any atom is 0.317 e. The lowest BCUT2D eigenvalue weighted by molar-refractivity contribution is 0.171. The SMILES string of the molecule is CC(C)C(C)NC(=O)N(C)Cc1ccc2c(c1)OCCO2. The van der Waals surface area contributed by atoms with Crippen LogP contribution < -0.4 is 14.8 Å². The summed E-state index contributed by atoms with van der Waals surface area (Å²) in [5, 5.41) is 2.99. The predicted octanol–water partition coefficient (Wildman–Crippen LogP) is 2.64. The summed E-state index contributed by atoms with van der Waals surface area (Å²) in [6.07, 6.45) is 0. The van der Waals surface area contributed by atoms with Crippen molar-refractivity contribution < 1.29 is 14.3 Å². The van der Waals surface area contributed by atoms with Crippen molar-refractivity contribution in [2.45, 2.75) is 33.4 Å². The van der Waals surface area contributed by atoms with Gasteiger partial charge in [0.1, 0.15) is 13.2 Å². The molecule has 0 bridgehead atoms. The summed E-state index contributed by atoms with van der Waals surface area (Å²) in [5.74, 6) is 1.94. The van der Waals surface area contributed by atoms with Gasteiger partial charge in [-0.1, -0.05) is 19.9 Å². The van der Waals surface area contributed by atoms with Gasteiger partial charge < -0.3 is 19.7 Å². The van der Waals surface area contributed by atoms with Crippen molar-refractivity contribution in [2.75, 3.05) is 20.3 Å². The molecule has 5 nitrogen and oxygen atoms in total. The highest BCUT2D eigenvalue weighted by Gasteiger charge is 2.16. The lowest BCUT2D eigenvalue weighted by Crippen LogP contribution is -2.43. The highest BCUT2D eigenvalue weighted by Crippen LogP contribution is 2.31. The fourth-order valence-electron chi connectivity index (χ4n) is 2.00. The zero-order chi connectivity index (χ0) is 15.4. The van der Waals surface area contributed by atoms with Crippen LogP contribution in [-0.4, -0.2) is 37.2 Å². The van der Waals surface area contributed by atoms with Crippen LogP contribution in [0.5, 0.6) is 11.5 Å². The van der Waals surface area contributed by atoms with E-state index >= 15 is 0 Å². The summed E-state index contributed by atoms with van der Waals surface area (Å²) >= 11 is 0. The highest BCUT2D eigenvalue weighted by atomic mass is 16.6. The number of ether oxygens (including phenoxy) is 2. The Hall–Kier alpha value is -1.91. The van der Waals surface area contributed by atoms with Crippen molar-refractivity contribution in [3.63, 3.8) is 0 Å². The van der Waals surface area contributed by atoms with Gasteiger partial charge in [0, 0.05) is 19.6 Å².